The van der Waals surface area contributed by atoms with Crippen LogP contribution in [0.1, 0.15) is 170 Å². The van der Waals surface area contributed by atoms with Crippen LogP contribution < -0.4 is 0 Å². The van der Waals surface area contributed by atoms with Gasteiger partial charge >= 0.3 is 0 Å². The van der Waals surface area contributed by atoms with Crippen molar-refractivity contribution >= 4 is 26.5 Å². The first-order chi connectivity index (χ1) is 30.6. The van der Waals surface area contributed by atoms with Crippen molar-refractivity contribution in [1.29, 1.82) is 0 Å². The van der Waals surface area contributed by atoms with E-state index in [1.165, 1.54) is 44.1 Å². The number of hydrogen-bond acceptors (Lipinski definition) is 7. The molecule has 2 rings (SSSR count). The van der Waals surface area contributed by atoms with Gasteiger partial charge in [-0.05, 0) is 104 Å². The zero-order chi connectivity index (χ0) is 48.4. The monoisotopic (exact) mass is 957 g/mol. The molecule has 0 fully saturated rings. The van der Waals surface area contributed by atoms with Crippen molar-refractivity contribution in [1.82, 2.24) is 0 Å². The summed E-state index contributed by atoms with van der Waals surface area (Å²) in [5, 5.41) is -0.464. The molecular weight excluding hydrogens is 861 g/mol. The van der Waals surface area contributed by atoms with Crippen molar-refractivity contribution in [3.8, 4) is 11.8 Å². The van der Waals surface area contributed by atoms with E-state index >= 15 is 0 Å². The maximum Gasteiger partial charge on any atom is 0.192 e. The van der Waals surface area contributed by atoms with Crippen LogP contribution in [0.25, 0.3) is 0 Å². The Bertz CT molecular complexity index is 1690. The van der Waals surface area contributed by atoms with Gasteiger partial charge in [-0.1, -0.05) is 162 Å². The first-order valence-corrected chi connectivity index (χ1v) is 32.7. The summed E-state index contributed by atoms with van der Waals surface area (Å²) in [6, 6.07) is 19.3. The third kappa shape index (κ3) is 24.3. The van der Waals surface area contributed by atoms with Gasteiger partial charge < -0.3 is 23.1 Å². The quantitative estimate of drug-likeness (QED) is 0.0299. The van der Waals surface area contributed by atoms with Crippen LogP contribution in [0.5, 0.6) is 0 Å². The molecule has 1 unspecified atom stereocenters. The molecule has 0 bridgehead atoms. The summed E-state index contributed by atoms with van der Waals surface area (Å²) in [6.07, 6.45) is 16.3. The molecule has 0 aliphatic carbocycles. The number of sulfone groups is 1. The van der Waals surface area contributed by atoms with E-state index in [0.29, 0.717) is 42.6 Å². The van der Waals surface area contributed by atoms with E-state index in [4.69, 9.17) is 23.1 Å². The molecule has 2 aromatic rings. The average Bonchev–Trinajstić information content (AvgIpc) is 3.23. The van der Waals surface area contributed by atoms with Crippen molar-refractivity contribution in [2.45, 2.75) is 230 Å². The summed E-state index contributed by atoms with van der Waals surface area (Å²) >= 11 is 0. The molecule has 5 atom stereocenters. The number of unbranched alkanes of at least 4 members (excludes halogenated alkanes) is 9. The number of benzene rings is 2. The number of rotatable bonds is 34. The first kappa shape index (κ1) is 59.3. The smallest absolute Gasteiger partial charge is 0.192 e. The summed E-state index contributed by atoms with van der Waals surface area (Å²) in [6.45, 7) is 29.9. The molecule has 0 radical (unpaired) electrons. The Kier molecular flexibility index (Phi) is 27.9. The van der Waals surface area contributed by atoms with Crippen molar-refractivity contribution in [3.05, 3.63) is 66.2 Å². The normalized spacial score (nSPS) is 15.2. The highest BCUT2D eigenvalue weighted by Gasteiger charge is 2.41. The first-order valence-electron chi connectivity index (χ1n) is 25.4. The molecule has 0 heterocycles. The fourth-order valence-electron chi connectivity index (χ4n) is 7.82. The zero-order valence-corrected chi connectivity index (χ0v) is 46.6. The van der Waals surface area contributed by atoms with Crippen LogP contribution in [-0.4, -0.2) is 69.6 Å². The highest BCUT2D eigenvalue weighted by molar-refractivity contribution is 7.92. The van der Waals surface area contributed by atoms with Gasteiger partial charge in [0.05, 0.1) is 22.9 Å². The lowest BCUT2D eigenvalue weighted by atomic mass is 9.93. The SMILES string of the molecule is COCO[C@@H](CC#CCCCCCCC[C@@H](C)C[C@H](C)COCc1ccccc1)CC(C[C@@H](CCCCCCCO[Si](C)(C)C(C)(C)C)O[Si](C)(C)C(C)(C)C)S(=O)(=O)c1ccccc1. The van der Waals surface area contributed by atoms with Crippen molar-refractivity contribution < 1.29 is 31.5 Å². The molecule has 0 aliphatic heterocycles. The van der Waals surface area contributed by atoms with Gasteiger partial charge in [-0.2, -0.15) is 0 Å². The lowest BCUT2D eigenvalue weighted by molar-refractivity contribution is -0.0727. The van der Waals surface area contributed by atoms with Gasteiger partial charge in [0, 0.05) is 39.3 Å². The molecule has 0 saturated carbocycles. The molecular formula is C55H96O7SSi2. The number of ether oxygens (including phenoxy) is 3. The van der Waals surface area contributed by atoms with Crippen LogP contribution in [0.3, 0.4) is 0 Å². The van der Waals surface area contributed by atoms with Crippen LogP contribution in [-0.2, 0) is 39.5 Å². The number of hydrogen-bond donors (Lipinski definition) is 0. The van der Waals surface area contributed by atoms with Crippen molar-refractivity contribution in [2.24, 2.45) is 11.8 Å². The predicted molar refractivity (Wildman–Crippen MR) is 280 cm³/mol. The highest BCUT2D eigenvalue weighted by Crippen LogP contribution is 2.40. The van der Waals surface area contributed by atoms with Gasteiger partial charge in [-0.15, -0.1) is 11.8 Å². The minimum atomic E-state index is -3.70. The summed E-state index contributed by atoms with van der Waals surface area (Å²) in [5.41, 5.74) is 1.23. The maximum atomic E-state index is 14.6. The fraction of sp³-hybridized carbons (Fsp3) is 0.745. The topological polar surface area (TPSA) is 80.3 Å². The molecule has 0 aromatic heterocycles. The Hall–Kier alpha value is -1.82. The van der Waals surface area contributed by atoms with Gasteiger partial charge in [0.1, 0.15) is 6.79 Å². The van der Waals surface area contributed by atoms with Gasteiger partial charge in [-0.25, -0.2) is 8.42 Å². The van der Waals surface area contributed by atoms with Crippen LogP contribution in [0.15, 0.2) is 65.6 Å². The highest BCUT2D eigenvalue weighted by atomic mass is 32.2. The second-order valence-corrected chi connectivity index (χ2v) is 33.9. The fourth-order valence-corrected chi connectivity index (χ4v) is 12.2. The van der Waals surface area contributed by atoms with Crippen molar-refractivity contribution in [2.75, 3.05) is 27.1 Å². The predicted octanol–water partition coefficient (Wildman–Crippen LogP) is 15.4. The zero-order valence-electron chi connectivity index (χ0n) is 43.8. The average molecular weight is 958 g/mol. The Labute approximate surface area is 402 Å². The van der Waals surface area contributed by atoms with Crippen LogP contribution >= 0.6 is 0 Å². The van der Waals surface area contributed by atoms with Crippen LogP contribution in [0, 0.1) is 23.7 Å². The van der Waals surface area contributed by atoms with E-state index in [9.17, 15) is 8.42 Å². The van der Waals surface area contributed by atoms with Gasteiger partial charge in [0.15, 0.2) is 26.5 Å². The largest absolute Gasteiger partial charge is 0.417 e. The van der Waals surface area contributed by atoms with Crippen molar-refractivity contribution in [3.63, 3.8) is 0 Å². The van der Waals surface area contributed by atoms with Gasteiger partial charge in [0.25, 0.3) is 0 Å². The van der Waals surface area contributed by atoms with Crippen LogP contribution in [0.2, 0.25) is 36.3 Å². The molecule has 7 nitrogen and oxygen atoms in total. The second kappa shape index (κ2) is 30.6. The lowest BCUT2D eigenvalue weighted by Gasteiger charge is -2.40. The summed E-state index contributed by atoms with van der Waals surface area (Å²) in [4.78, 5) is 0.348. The van der Waals surface area contributed by atoms with E-state index in [0.717, 1.165) is 64.6 Å². The molecule has 2 aromatic carbocycles. The Morgan fingerprint density at radius 1 is 0.631 bits per heavy atom. The van der Waals surface area contributed by atoms with Gasteiger partial charge in [0.2, 0.25) is 0 Å². The van der Waals surface area contributed by atoms with Crippen LogP contribution in [0.4, 0.5) is 0 Å². The summed E-state index contributed by atoms with van der Waals surface area (Å²) < 4.78 is 60.2. The van der Waals surface area contributed by atoms with Gasteiger partial charge in [-0.3, -0.25) is 0 Å². The molecule has 0 amide bonds. The molecule has 0 aliphatic rings. The molecule has 10 heteroatoms. The molecule has 0 saturated heterocycles. The standard InChI is InChI=1S/C55H96O7SSi2/c1-47(41-48(2)44-59-45-49-34-26-23-27-35-49)33-25-19-16-14-15-17-20-28-36-50(60-46-58-9)42-53(63(56,57)52-38-30-24-31-39-52)43-51(62-65(12,13)55(6,7)8)37-29-21-18-22-32-40-61-64(10,11)54(3,4)5/h23-24,26-27,30-31,34-35,38-39,47-48,50-51,53H,14-19,21-22,25,29,32-33,36-37,40-46H2,1-13H3/t47-,48+,50+,51-,53?/m1/s1. The Balaban J connectivity index is 1.98. The molecule has 65 heavy (non-hydrogen) atoms. The molecule has 0 N–H and O–H groups in total. The van der Waals surface area contributed by atoms with E-state index in [1.54, 1.807) is 19.2 Å². The summed E-state index contributed by atoms with van der Waals surface area (Å²) in [7, 11) is -6.03. The molecule has 0 spiro atoms. The third-order valence-electron chi connectivity index (χ3n) is 14.0. The summed E-state index contributed by atoms with van der Waals surface area (Å²) in [5.74, 6) is 8.04. The minimum absolute atomic E-state index is 0.000700. The van der Waals surface area contributed by atoms with E-state index in [2.05, 4.69) is 118 Å². The van der Waals surface area contributed by atoms with E-state index < -0.39 is 31.7 Å². The van der Waals surface area contributed by atoms with E-state index in [-0.39, 0.29) is 29.1 Å². The third-order valence-corrected chi connectivity index (χ3v) is 25.2. The molecule has 372 valence electrons. The Morgan fingerprint density at radius 3 is 1.80 bits per heavy atom. The minimum Gasteiger partial charge on any atom is -0.417 e. The number of methoxy groups -OCH3 is 1. The lowest BCUT2D eigenvalue weighted by Crippen LogP contribution is -2.45. The second-order valence-electron chi connectivity index (χ2n) is 22.1. The maximum absolute atomic E-state index is 14.6. The van der Waals surface area contributed by atoms with E-state index in [1.807, 2.05) is 24.3 Å². The Morgan fingerprint density at radius 2 is 1.18 bits per heavy atom.